The Morgan fingerprint density at radius 1 is 0.917 bits per heavy atom. The summed E-state index contributed by atoms with van der Waals surface area (Å²) >= 11 is 0. The van der Waals surface area contributed by atoms with Gasteiger partial charge in [0.1, 0.15) is 0 Å². The number of aromatic nitrogens is 3. The minimum atomic E-state index is 0.475. The minimum absolute atomic E-state index is 0.475. The average molecular weight is 319 g/mol. The zero-order valence-electron chi connectivity index (χ0n) is 14.2. The molecule has 3 aromatic rings. The lowest BCUT2D eigenvalue weighted by Crippen LogP contribution is -2.04. The number of para-hydroxylation sites is 1. The monoisotopic (exact) mass is 319 g/mol. The van der Waals surface area contributed by atoms with Gasteiger partial charge in [-0.25, -0.2) is 0 Å². The number of rotatable bonds is 5. The number of hydrogen-bond donors (Lipinski definition) is 2. The summed E-state index contributed by atoms with van der Waals surface area (Å²) < 4.78 is 0. The molecule has 24 heavy (non-hydrogen) atoms. The molecule has 3 rings (SSSR count). The van der Waals surface area contributed by atoms with Gasteiger partial charge in [-0.05, 0) is 49.1 Å². The third kappa shape index (κ3) is 3.51. The van der Waals surface area contributed by atoms with E-state index in [0.717, 1.165) is 17.8 Å². The van der Waals surface area contributed by atoms with Crippen molar-refractivity contribution in [2.24, 2.45) is 0 Å². The Hall–Kier alpha value is -2.95. The summed E-state index contributed by atoms with van der Waals surface area (Å²) in [6, 6.07) is 14.3. The second-order valence-corrected chi connectivity index (χ2v) is 5.67. The first kappa shape index (κ1) is 15.9. The molecule has 0 aliphatic rings. The van der Waals surface area contributed by atoms with Crippen molar-refractivity contribution in [2.75, 3.05) is 10.6 Å². The highest BCUT2D eigenvalue weighted by molar-refractivity contribution is 5.63. The molecule has 5 heteroatoms. The Labute approximate surface area is 142 Å². The number of benzene rings is 2. The van der Waals surface area contributed by atoms with Gasteiger partial charge in [-0.3, -0.25) is 0 Å². The van der Waals surface area contributed by atoms with Gasteiger partial charge < -0.3 is 10.6 Å². The maximum atomic E-state index is 4.51. The van der Waals surface area contributed by atoms with E-state index in [1.165, 1.54) is 16.7 Å². The molecule has 1 aromatic heterocycles. The minimum Gasteiger partial charge on any atom is -0.339 e. The lowest BCUT2D eigenvalue weighted by Gasteiger charge is -2.12. The van der Waals surface area contributed by atoms with Crippen LogP contribution in [-0.4, -0.2) is 15.2 Å². The van der Waals surface area contributed by atoms with E-state index < -0.39 is 0 Å². The van der Waals surface area contributed by atoms with Crippen LogP contribution in [0.2, 0.25) is 0 Å². The summed E-state index contributed by atoms with van der Waals surface area (Å²) in [5, 5.41) is 14.7. The van der Waals surface area contributed by atoms with Crippen molar-refractivity contribution >= 4 is 23.1 Å². The van der Waals surface area contributed by atoms with E-state index in [1.54, 1.807) is 6.20 Å². The zero-order valence-corrected chi connectivity index (χ0v) is 14.2. The van der Waals surface area contributed by atoms with Gasteiger partial charge in [0.15, 0.2) is 5.82 Å². The molecule has 122 valence electrons. The molecule has 0 aliphatic heterocycles. The third-order valence-electron chi connectivity index (χ3n) is 4.07. The van der Waals surface area contributed by atoms with E-state index in [1.807, 2.05) is 30.3 Å². The van der Waals surface area contributed by atoms with Crippen LogP contribution in [0.1, 0.15) is 23.6 Å². The summed E-state index contributed by atoms with van der Waals surface area (Å²) in [4.78, 5) is 4.51. The first-order valence-corrected chi connectivity index (χ1v) is 8.05. The summed E-state index contributed by atoms with van der Waals surface area (Å²) in [6.07, 6.45) is 2.58. The topological polar surface area (TPSA) is 62.7 Å². The van der Waals surface area contributed by atoms with Crippen LogP contribution in [0.3, 0.4) is 0 Å². The predicted molar refractivity (Wildman–Crippen MR) is 98.1 cm³/mol. The van der Waals surface area contributed by atoms with Crippen LogP contribution in [-0.2, 0) is 6.42 Å². The highest BCUT2D eigenvalue weighted by Crippen LogP contribution is 2.23. The number of nitrogens with one attached hydrogen (secondary N) is 2. The molecule has 0 saturated carbocycles. The first-order chi connectivity index (χ1) is 11.7. The molecular formula is C19H21N5. The molecule has 0 amide bonds. The molecule has 1 heterocycles. The van der Waals surface area contributed by atoms with E-state index >= 15 is 0 Å². The van der Waals surface area contributed by atoms with E-state index in [-0.39, 0.29) is 0 Å². The quantitative estimate of drug-likeness (QED) is 0.723. The SMILES string of the molecule is CCc1ccccc1Nc1cnnc(Nc2cccc(C)c2C)n1. The maximum Gasteiger partial charge on any atom is 0.249 e. The van der Waals surface area contributed by atoms with Gasteiger partial charge >= 0.3 is 0 Å². The van der Waals surface area contributed by atoms with Crippen molar-refractivity contribution in [1.82, 2.24) is 15.2 Å². The van der Waals surface area contributed by atoms with Crippen molar-refractivity contribution in [3.05, 3.63) is 65.4 Å². The van der Waals surface area contributed by atoms with Crippen LogP contribution in [0.5, 0.6) is 0 Å². The van der Waals surface area contributed by atoms with E-state index in [0.29, 0.717) is 11.8 Å². The smallest absolute Gasteiger partial charge is 0.249 e. The molecule has 2 aromatic carbocycles. The maximum absolute atomic E-state index is 4.51. The standard InChI is InChI=1S/C19H21N5/c1-4-15-9-5-6-10-17(15)21-18-12-20-24-19(23-18)22-16-11-7-8-13(2)14(16)3/h5-12H,4H2,1-3H3,(H2,21,22,23,24). The fourth-order valence-electron chi connectivity index (χ4n) is 2.51. The van der Waals surface area contributed by atoms with Gasteiger partial charge in [0.25, 0.3) is 0 Å². The lowest BCUT2D eigenvalue weighted by atomic mass is 10.1. The highest BCUT2D eigenvalue weighted by atomic mass is 15.3. The van der Waals surface area contributed by atoms with Gasteiger partial charge in [-0.15, -0.1) is 5.10 Å². The van der Waals surface area contributed by atoms with Gasteiger partial charge in [0.05, 0.1) is 6.20 Å². The third-order valence-corrected chi connectivity index (χ3v) is 4.07. The molecule has 0 spiro atoms. The molecule has 0 atom stereocenters. The summed E-state index contributed by atoms with van der Waals surface area (Å²) in [5.41, 5.74) is 5.66. The van der Waals surface area contributed by atoms with Crippen molar-refractivity contribution < 1.29 is 0 Å². The van der Waals surface area contributed by atoms with Gasteiger partial charge in [0, 0.05) is 11.4 Å². The summed E-state index contributed by atoms with van der Waals surface area (Å²) in [5.74, 6) is 1.14. The average Bonchev–Trinajstić information content (AvgIpc) is 2.60. The number of anilines is 4. The summed E-state index contributed by atoms with van der Waals surface area (Å²) in [7, 11) is 0. The largest absolute Gasteiger partial charge is 0.339 e. The molecule has 5 nitrogen and oxygen atoms in total. The normalized spacial score (nSPS) is 10.5. The van der Waals surface area contributed by atoms with Crippen LogP contribution in [0.4, 0.5) is 23.1 Å². The predicted octanol–water partition coefficient (Wildman–Crippen LogP) is 4.54. The van der Waals surface area contributed by atoms with Gasteiger partial charge in [0.2, 0.25) is 5.95 Å². The Morgan fingerprint density at radius 2 is 1.71 bits per heavy atom. The lowest BCUT2D eigenvalue weighted by molar-refractivity contribution is 0.980. The molecule has 0 aliphatic carbocycles. The van der Waals surface area contributed by atoms with Crippen molar-refractivity contribution in [1.29, 1.82) is 0 Å². The van der Waals surface area contributed by atoms with Crippen molar-refractivity contribution in [2.45, 2.75) is 27.2 Å². The molecule has 0 saturated heterocycles. The van der Waals surface area contributed by atoms with E-state index in [9.17, 15) is 0 Å². The van der Waals surface area contributed by atoms with Gasteiger partial charge in [-0.2, -0.15) is 10.1 Å². The molecular weight excluding hydrogens is 298 g/mol. The van der Waals surface area contributed by atoms with Crippen LogP contribution in [0, 0.1) is 13.8 Å². The number of nitrogens with zero attached hydrogens (tertiary/aromatic N) is 3. The Morgan fingerprint density at radius 3 is 2.54 bits per heavy atom. The second-order valence-electron chi connectivity index (χ2n) is 5.67. The second kappa shape index (κ2) is 7.08. The van der Waals surface area contributed by atoms with E-state index in [2.05, 4.69) is 58.7 Å². The fourth-order valence-corrected chi connectivity index (χ4v) is 2.51. The first-order valence-electron chi connectivity index (χ1n) is 8.05. The number of hydrogen-bond acceptors (Lipinski definition) is 5. The van der Waals surface area contributed by atoms with Crippen molar-refractivity contribution in [3.63, 3.8) is 0 Å². The Balaban J connectivity index is 1.83. The van der Waals surface area contributed by atoms with E-state index in [4.69, 9.17) is 0 Å². The zero-order chi connectivity index (χ0) is 16.9. The van der Waals surface area contributed by atoms with Crippen molar-refractivity contribution in [3.8, 4) is 0 Å². The Kier molecular flexibility index (Phi) is 4.70. The molecule has 0 unspecified atom stereocenters. The highest BCUT2D eigenvalue weighted by Gasteiger charge is 2.06. The molecule has 2 N–H and O–H groups in total. The molecule has 0 bridgehead atoms. The van der Waals surface area contributed by atoms with Crippen LogP contribution < -0.4 is 10.6 Å². The fraction of sp³-hybridized carbons (Fsp3) is 0.211. The van der Waals surface area contributed by atoms with Gasteiger partial charge in [-0.1, -0.05) is 37.3 Å². The number of aryl methyl sites for hydroxylation is 2. The Bertz CT molecular complexity index is 845. The van der Waals surface area contributed by atoms with Crippen LogP contribution in [0.25, 0.3) is 0 Å². The van der Waals surface area contributed by atoms with Crippen LogP contribution in [0.15, 0.2) is 48.7 Å². The molecule has 0 fully saturated rings. The summed E-state index contributed by atoms with van der Waals surface area (Å²) in [6.45, 7) is 6.29. The molecule has 0 radical (unpaired) electrons. The van der Waals surface area contributed by atoms with Crippen LogP contribution >= 0.6 is 0 Å².